The number of ether oxygens (including phenoxy) is 1. The van der Waals surface area contributed by atoms with Crippen molar-refractivity contribution in [3.05, 3.63) is 71.3 Å². The highest BCUT2D eigenvalue weighted by Crippen LogP contribution is 2.18. The molecular weight excluding hydrogens is 272 g/mol. The summed E-state index contributed by atoms with van der Waals surface area (Å²) >= 11 is 0. The van der Waals surface area contributed by atoms with Crippen molar-refractivity contribution in [3.63, 3.8) is 0 Å². The van der Waals surface area contributed by atoms with E-state index in [0.29, 0.717) is 17.7 Å². The van der Waals surface area contributed by atoms with E-state index < -0.39 is 0 Å². The molecule has 2 nitrogen and oxygen atoms in total. The smallest absolute Gasteiger partial charge is 0.193 e. The summed E-state index contributed by atoms with van der Waals surface area (Å²) in [6.45, 7) is 10.5. The Bertz CT molecular complexity index is 580. The fraction of sp³-hybridized carbons (Fsp3) is 0.350. The zero-order valence-electron chi connectivity index (χ0n) is 14.2. The zero-order chi connectivity index (χ0) is 16.6. The molecule has 0 unspecified atom stereocenters. The maximum Gasteiger partial charge on any atom is 0.193 e. The van der Waals surface area contributed by atoms with Gasteiger partial charge in [-0.15, -0.1) is 0 Å². The van der Waals surface area contributed by atoms with Crippen molar-refractivity contribution < 1.29 is 9.53 Å². The van der Waals surface area contributed by atoms with Crippen LogP contribution in [0.3, 0.4) is 0 Å². The van der Waals surface area contributed by atoms with Crippen LogP contribution in [0.4, 0.5) is 0 Å². The van der Waals surface area contributed by atoms with Gasteiger partial charge in [0.15, 0.2) is 5.78 Å². The van der Waals surface area contributed by atoms with Gasteiger partial charge in [0.05, 0.1) is 12.2 Å². The lowest BCUT2D eigenvalue weighted by molar-refractivity contribution is -0.0151. The second kappa shape index (κ2) is 8.50. The van der Waals surface area contributed by atoms with Gasteiger partial charge < -0.3 is 4.74 Å². The van der Waals surface area contributed by atoms with Crippen LogP contribution in [-0.2, 0) is 11.3 Å². The van der Waals surface area contributed by atoms with Crippen LogP contribution in [0.1, 0.15) is 56.1 Å². The number of carbonyl (C=O) groups excluding carboxylic acids is 1. The minimum absolute atomic E-state index is 0.0405. The maximum atomic E-state index is 12.5. The molecule has 22 heavy (non-hydrogen) atoms. The van der Waals surface area contributed by atoms with Crippen LogP contribution in [0, 0.1) is 0 Å². The van der Waals surface area contributed by atoms with Crippen LogP contribution in [-0.4, -0.2) is 11.4 Å². The lowest BCUT2D eigenvalue weighted by Crippen LogP contribution is -2.19. The Labute approximate surface area is 134 Å². The molecular formula is C20H26O2. The van der Waals surface area contributed by atoms with E-state index in [1.165, 1.54) is 0 Å². The third-order valence-electron chi connectivity index (χ3n) is 2.96. The Kier molecular flexibility index (Phi) is 7.00. The minimum Gasteiger partial charge on any atom is -0.371 e. The molecule has 0 aliphatic rings. The topological polar surface area (TPSA) is 26.3 Å². The van der Waals surface area contributed by atoms with Crippen molar-refractivity contribution in [1.82, 2.24) is 0 Å². The van der Waals surface area contributed by atoms with Crippen LogP contribution < -0.4 is 0 Å². The lowest BCUT2D eigenvalue weighted by Gasteiger charge is -2.20. The monoisotopic (exact) mass is 298 g/mol. The summed E-state index contributed by atoms with van der Waals surface area (Å²) < 4.78 is 5.79. The first-order valence-corrected chi connectivity index (χ1v) is 7.79. The molecule has 2 aromatic carbocycles. The Hall–Kier alpha value is -1.93. The van der Waals surface area contributed by atoms with Gasteiger partial charge in [-0.05, 0) is 26.3 Å². The summed E-state index contributed by atoms with van der Waals surface area (Å²) in [5, 5.41) is 0. The SMILES string of the molecule is CC.CC(C)(C)OCc1ccccc1C(=O)c1ccccc1. The van der Waals surface area contributed by atoms with Crippen LogP contribution in [0.2, 0.25) is 0 Å². The normalized spacial score (nSPS) is 10.6. The fourth-order valence-corrected chi connectivity index (χ4v) is 1.91. The number of rotatable bonds is 4. The van der Waals surface area contributed by atoms with Gasteiger partial charge in [-0.1, -0.05) is 68.4 Å². The third-order valence-corrected chi connectivity index (χ3v) is 2.96. The molecule has 2 heteroatoms. The molecule has 2 aromatic rings. The average Bonchev–Trinajstić information content (AvgIpc) is 2.54. The first kappa shape index (κ1) is 18.1. The standard InChI is InChI=1S/C18H20O2.C2H6/c1-18(2,3)20-13-15-11-7-8-12-16(15)17(19)14-9-5-4-6-10-14;1-2/h4-12H,13H2,1-3H3;1-2H3. The predicted molar refractivity (Wildman–Crippen MR) is 92.2 cm³/mol. The number of carbonyl (C=O) groups is 1. The first-order valence-electron chi connectivity index (χ1n) is 7.79. The van der Waals surface area contributed by atoms with Crippen LogP contribution in [0.5, 0.6) is 0 Å². The molecule has 0 saturated carbocycles. The molecule has 0 radical (unpaired) electrons. The van der Waals surface area contributed by atoms with Gasteiger partial charge in [-0.25, -0.2) is 0 Å². The van der Waals surface area contributed by atoms with Crippen LogP contribution >= 0.6 is 0 Å². The van der Waals surface area contributed by atoms with E-state index in [1.807, 2.05) is 89.2 Å². The first-order chi connectivity index (χ1) is 10.5. The predicted octanol–water partition coefficient (Wildman–Crippen LogP) is 5.26. The van der Waals surface area contributed by atoms with E-state index in [-0.39, 0.29) is 11.4 Å². The van der Waals surface area contributed by atoms with E-state index in [1.54, 1.807) is 0 Å². The van der Waals surface area contributed by atoms with Crippen molar-refractivity contribution in [1.29, 1.82) is 0 Å². The highest BCUT2D eigenvalue weighted by atomic mass is 16.5. The van der Waals surface area contributed by atoms with Crippen molar-refractivity contribution in [2.45, 2.75) is 46.8 Å². The Morgan fingerprint density at radius 3 is 2.05 bits per heavy atom. The quantitative estimate of drug-likeness (QED) is 0.720. The average molecular weight is 298 g/mol. The van der Waals surface area contributed by atoms with E-state index in [9.17, 15) is 4.79 Å². The molecule has 118 valence electrons. The van der Waals surface area contributed by atoms with Crippen LogP contribution in [0.25, 0.3) is 0 Å². The highest BCUT2D eigenvalue weighted by molar-refractivity contribution is 6.09. The summed E-state index contributed by atoms with van der Waals surface area (Å²) in [7, 11) is 0. The number of hydrogen-bond donors (Lipinski definition) is 0. The molecule has 0 aliphatic heterocycles. The highest BCUT2D eigenvalue weighted by Gasteiger charge is 2.15. The van der Waals surface area contributed by atoms with Gasteiger partial charge in [0.2, 0.25) is 0 Å². The molecule has 0 atom stereocenters. The van der Waals surface area contributed by atoms with Crippen molar-refractivity contribution in [2.75, 3.05) is 0 Å². The molecule has 0 fully saturated rings. The summed E-state index contributed by atoms with van der Waals surface area (Å²) in [5.41, 5.74) is 2.12. The van der Waals surface area contributed by atoms with Crippen molar-refractivity contribution in [3.8, 4) is 0 Å². The van der Waals surface area contributed by atoms with Crippen molar-refractivity contribution in [2.24, 2.45) is 0 Å². The molecule has 2 rings (SSSR count). The Balaban J connectivity index is 0.00000116. The summed E-state index contributed by atoms with van der Waals surface area (Å²) in [5.74, 6) is 0.0405. The van der Waals surface area contributed by atoms with Gasteiger partial charge in [-0.3, -0.25) is 4.79 Å². The van der Waals surface area contributed by atoms with Gasteiger partial charge >= 0.3 is 0 Å². The molecule has 0 bridgehead atoms. The van der Waals surface area contributed by atoms with Crippen molar-refractivity contribution >= 4 is 5.78 Å². The number of ketones is 1. The Morgan fingerprint density at radius 1 is 0.909 bits per heavy atom. The summed E-state index contributed by atoms with van der Waals surface area (Å²) in [6.07, 6.45) is 0. The molecule has 0 aromatic heterocycles. The summed E-state index contributed by atoms with van der Waals surface area (Å²) in [4.78, 5) is 12.5. The van der Waals surface area contributed by atoms with Crippen LogP contribution in [0.15, 0.2) is 54.6 Å². The molecule has 0 spiro atoms. The van der Waals surface area contributed by atoms with E-state index in [2.05, 4.69) is 0 Å². The fourth-order valence-electron chi connectivity index (χ4n) is 1.91. The minimum atomic E-state index is -0.219. The number of benzene rings is 2. The van der Waals surface area contributed by atoms with Gasteiger partial charge in [-0.2, -0.15) is 0 Å². The van der Waals surface area contributed by atoms with Gasteiger partial charge in [0, 0.05) is 11.1 Å². The maximum absolute atomic E-state index is 12.5. The third kappa shape index (κ3) is 5.45. The number of hydrogen-bond acceptors (Lipinski definition) is 2. The molecule has 0 heterocycles. The van der Waals surface area contributed by atoms with E-state index >= 15 is 0 Å². The van der Waals surface area contributed by atoms with Gasteiger partial charge in [0.25, 0.3) is 0 Å². The molecule has 0 amide bonds. The van der Waals surface area contributed by atoms with E-state index in [4.69, 9.17) is 4.74 Å². The lowest BCUT2D eigenvalue weighted by atomic mass is 9.98. The second-order valence-electron chi connectivity index (χ2n) is 5.75. The van der Waals surface area contributed by atoms with E-state index in [0.717, 1.165) is 5.56 Å². The summed E-state index contributed by atoms with van der Waals surface area (Å²) in [6, 6.07) is 17.0. The molecule has 0 saturated heterocycles. The Morgan fingerprint density at radius 2 is 1.45 bits per heavy atom. The van der Waals surface area contributed by atoms with Gasteiger partial charge in [0.1, 0.15) is 0 Å². The largest absolute Gasteiger partial charge is 0.371 e. The molecule has 0 aliphatic carbocycles. The second-order valence-corrected chi connectivity index (χ2v) is 5.75. The zero-order valence-corrected chi connectivity index (χ0v) is 14.2. The molecule has 0 N–H and O–H groups in total.